The van der Waals surface area contributed by atoms with E-state index in [1.807, 2.05) is 6.07 Å². The number of amides is 2. The van der Waals surface area contributed by atoms with E-state index in [-0.39, 0.29) is 17.9 Å². The van der Waals surface area contributed by atoms with E-state index in [9.17, 15) is 20.0 Å². The summed E-state index contributed by atoms with van der Waals surface area (Å²) in [5.74, 6) is -0.536. The first-order chi connectivity index (χ1) is 12.9. The van der Waals surface area contributed by atoms with Crippen LogP contribution in [0.5, 0.6) is 17.2 Å². The van der Waals surface area contributed by atoms with E-state index in [1.54, 1.807) is 18.2 Å². The number of nitriles is 1. The van der Waals surface area contributed by atoms with Crippen molar-refractivity contribution in [3.63, 3.8) is 0 Å². The van der Waals surface area contributed by atoms with Crippen LogP contribution in [0.15, 0.2) is 48.0 Å². The van der Waals surface area contributed by atoms with Crippen LogP contribution in [0.3, 0.4) is 0 Å². The minimum absolute atomic E-state index is 0.0646. The normalized spacial score (nSPS) is 10.6. The van der Waals surface area contributed by atoms with Gasteiger partial charge in [0, 0.05) is 5.69 Å². The fourth-order valence-corrected chi connectivity index (χ4v) is 2.10. The van der Waals surface area contributed by atoms with Crippen molar-refractivity contribution >= 4 is 23.6 Å². The molecule has 0 saturated carbocycles. The Labute approximate surface area is 155 Å². The summed E-state index contributed by atoms with van der Waals surface area (Å²) in [6.45, 7) is -0.302. The number of hydrogen-bond acceptors (Lipinski definition) is 6. The van der Waals surface area contributed by atoms with Crippen LogP contribution >= 0.6 is 0 Å². The molecule has 4 N–H and O–H groups in total. The highest BCUT2D eigenvalue weighted by Crippen LogP contribution is 2.29. The summed E-state index contributed by atoms with van der Waals surface area (Å²) < 4.78 is 10.4. The Kier molecular flexibility index (Phi) is 6.39. The summed E-state index contributed by atoms with van der Waals surface area (Å²) >= 11 is 0. The SMILES string of the molecule is COc1cc(/C=C(\C#N)C(=O)Nc2ccc(O)cc2)ccc1OCC(N)=O. The molecule has 0 aliphatic rings. The fourth-order valence-electron chi connectivity index (χ4n) is 2.10. The molecule has 2 amide bonds. The highest BCUT2D eigenvalue weighted by molar-refractivity contribution is 6.09. The van der Waals surface area contributed by atoms with Crippen LogP contribution in [0, 0.1) is 11.3 Å². The smallest absolute Gasteiger partial charge is 0.266 e. The maximum Gasteiger partial charge on any atom is 0.266 e. The highest BCUT2D eigenvalue weighted by Gasteiger charge is 2.11. The van der Waals surface area contributed by atoms with Gasteiger partial charge in [-0.05, 0) is 48.0 Å². The number of carbonyl (C=O) groups is 2. The van der Waals surface area contributed by atoms with Crippen molar-refractivity contribution in [2.24, 2.45) is 5.73 Å². The van der Waals surface area contributed by atoms with Crippen molar-refractivity contribution in [2.75, 3.05) is 19.0 Å². The number of phenolic OH excluding ortho intramolecular Hbond substituents is 1. The van der Waals surface area contributed by atoms with Gasteiger partial charge in [0.1, 0.15) is 17.4 Å². The van der Waals surface area contributed by atoms with E-state index in [4.69, 9.17) is 15.2 Å². The third-order valence-electron chi connectivity index (χ3n) is 3.36. The lowest BCUT2D eigenvalue weighted by molar-refractivity contribution is -0.120. The molecule has 2 aromatic rings. The maximum atomic E-state index is 12.3. The summed E-state index contributed by atoms with van der Waals surface area (Å²) in [6, 6.07) is 12.4. The summed E-state index contributed by atoms with van der Waals surface area (Å²) in [5, 5.41) is 21.1. The van der Waals surface area contributed by atoms with Gasteiger partial charge < -0.3 is 25.6 Å². The van der Waals surface area contributed by atoms with Gasteiger partial charge in [-0.15, -0.1) is 0 Å². The highest BCUT2D eigenvalue weighted by atomic mass is 16.5. The number of benzene rings is 2. The third kappa shape index (κ3) is 5.51. The van der Waals surface area contributed by atoms with Gasteiger partial charge in [0.15, 0.2) is 18.1 Å². The predicted octanol–water partition coefficient (Wildman–Crippen LogP) is 1.81. The molecule has 0 atom stereocenters. The second-order valence-corrected chi connectivity index (χ2v) is 5.34. The maximum absolute atomic E-state index is 12.3. The number of nitrogens with zero attached hydrogens (tertiary/aromatic N) is 1. The molecule has 2 aromatic carbocycles. The molecule has 0 unspecified atom stereocenters. The average molecular weight is 367 g/mol. The standard InChI is InChI=1S/C19H17N3O5/c1-26-17-9-12(2-7-16(17)27-11-18(21)24)8-13(10-20)19(25)22-14-3-5-15(23)6-4-14/h2-9,23H,11H2,1H3,(H2,21,24)(H,22,25)/b13-8+. The first-order valence-electron chi connectivity index (χ1n) is 7.74. The number of primary amides is 1. The van der Waals surface area contributed by atoms with Crippen LogP contribution in [0.4, 0.5) is 5.69 Å². The van der Waals surface area contributed by atoms with Crippen LogP contribution in [-0.2, 0) is 9.59 Å². The molecule has 0 aliphatic heterocycles. The number of hydrogen-bond donors (Lipinski definition) is 3. The number of anilines is 1. The van der Waals surface area contributed by atoms with Gasteiger partial charge in [0.05, 0.1) is 7.11 Å². The van der Waals surface area contributed by atoms with Crippen LogP contribution < -0.4 is 20.5 Å². The molecule has 0 heterocycles. The van der Waals surface area contributed by atoms with Crippen LogP contribution in [-0.4, -0.2) is 30.6 Å². The van der Waals surface area contributed by atoms with Crippen LogP contribution in [0.2, 0.25) is 0 Å². The number of methoxy groups -OCH3 is 1. The number of rotatable bonds is 7. The minimum atomic E-state index is -0.626. The number of phenols is 1. The third-order valence-corrected chi connectivity index (χ3v) is 3.36. The van der Waals surface area contributed by atoms with Crippen LogP contribution in [0.1, 0.15) is 5.56 Å². The first kappa shape index (κ1) is 19.3. The van der Waals surface area contributed by atoms with Gasteiger partial charge in [0.2, 0.25) is 0 Å². The number of carbonyl (C=O) groups excluding carboxylic acids is 2. The first-order valence-corrected chi connectivity index (χ1v) is 7.74. The van der Waals surface area contributed by atoms with E-state index in [1.165, 1.54) is 37.5 Å². The molecule has 0 fully saturated rings. The van der Waals surface area contributed by atoms with E-state index >= 15 is 0 Å². The van der Waals surface area contributed by atoms with Gasteiger partial charge in [-0.2, -0.15) is 5.26 Å². The van der Waals surface area contributed by atoms with Crippen molar-refractivity contribution in [1.29, 1.82) is 5.26 Å². The molecule has 0 bridgehead atoms. The van der Waals surface area contributed by atoms with Crippen molar-refractivity contribution in [3.05, 3.63) is 53.6 Å². The van der Waals surface area contributed by atoms with Crippen molar-refractivity contribution < 1.29 is 24.2 Å². The molecule has 0 spiro atoms. The molecular formula is C19H17N3O5. The molecular weight excluding hydrogens is 350 g/mol. The summed E-state index contributed by atoms with van der Waals surface area (Å²) in [7, 11) is 1.42. The van der Waals surface area contributed by atoms with Crippen molar-refractivity contribution in [3.8, 4) is 23.3 Å². The lowest BCUT2D eigenvalue weighted by Gasteiger charge is -2.10. The zero-order valence-corrected chi connectivity index (χ0v) is 14.4. The monoisotopic (exact) mass is 367 g/mol. The molecule has 138 valence electrons. The van der Waals surface area contributed by atoms with Gasteiger partial charge in [-0.3, -0.25) is 9.59 Å². The Morgan fingerprint density at radius 2 is 1.93 bits per heavy atom. The Balaban J connectivity index is 2.20. The zero-order valence-electron chi connectivity index (χ0n) is 14.4. The van der Waals surface area contributed by atoms with Crippen molar-refractivity contribution in [2.45, 2.75) is 0 Å². The average Bonchev–Trinajstić information content (AvgIpc) is 2.66. The lowest BCUT2D eigenvalue weighted by Crippen LogP contribution is -2.20. The molecule has 8 nitrogen and oxygen atoms in total. The van der Waals surface area contributed by atoms with E-state index in [0.29, 0.717) is 22.7 Å². The number of nitrogens with one attached hydrogen (secondary N) is 1. The van der Waals surface area contributed by atoms with Gasteiger partial charge in [-0.1, -0.05) is 6.07 Å². The second kappa shape index (κ2) is 8.92. The molecule has 2 rings (SSSR count). The van der Waals surface area contributed by atoms with E-state index in [2.05, 4.69) is 5.32 Å². The largest absolute Gasteiger partial charge is 0.508 e. The zero-order chi connectivity index (χ0) is 19.8. The topological polar surface area (TPSA) is 135 Å². The second-order valence-electron chi connectivity index (χ2n) is 5.34. The lowest BCUT2D eigenvalue weighted by atomic mass is 10.1. The molecule has 0 aliphatic carbocycles. The molecule has 8 heteroatoms. The molecule has 0 radical (unpaired) electrons. The Morgan fingerprint density at radius 1 is 1.22 bits per heavy atom. The van der Waals surface area contributed by atoms with E-state index in [0.717, 1.165) is 0 Å². The van der Waals surface area contributed by atoms with E-state index < -0.39 is 11.8 Å². The summed E-state index contributed by atoms with van der Waals surface area (Å²) in [5.41, 5.74) is 5.87. The molecule has 0 aromatic heterocycles. The number of aromatic hydroxyl groups is 1. The Bertz CT molecular complexity index is 914. The van der Waals surface area contributed by atoms with Crippen molar-refractivity contribution in [1.82, 2.24) is 0 Å². The van der Waals surface area contributed by atoms with Gasteiger partial charge >= 0.3 is 0 Å². The Morgan fingerprint density at radius 3 is 2.52 bits per heavy atom. The van der Waals surface area contributed by atoms with Gasteiger partial charge in [0.25, 0.3) is 11.8 Å². The Hall–Kier alpha value is -3.99. The number of ether oxygens (including phenoxy) is 2. The van der Waals surface area contributed by atoms with Crippen LogP contribution in [0.25, 0.3) is 6.08 Å². The molecule has 27 heavy (non-hydrogen) atoms. The summed E-state index contributed by atoms with van der Waals surface area (Å²) in [6.07, 6.45) is 1.39. The summed E-state index contributed by atoms with van der Waals surface area (Å²) in [4.78, 5) is 23.1. The minimum Gasteiger partial charge on any atom is -0.508 e. The fraction of sp³-hybridized carbons (Fsp3) is 0.105. The quantitative estimate of drug-likeness (QED) is 0.388. The van der Waals surface area contributed by atoms with Gasteiger partial charge in [-0.25, -0.2) is 0 Å². The predicted molar refractivity (Wildman–Crippen MR) is 98.0 cm³/mol. The number of nitrogens with two attached hydrogens (primary N) is 1. The molecule has 0 saturated heterocycles.